The number of Topliss-reactive ketones (excluding diaryl/α,β-unsaturated/α-hetero) is 1. The van der Waals surface area contributed by atoms with Crippen molar-refractivity contribution in [3.8, 4) is 0 Å². The van der Waals surface area contributed by atoms with Crippen LogP contribution in [-0.2, 0) is 15.2 Å². The molecule has 5 nitrogen and oxygen atoms in total. The van der Waals surface area contributed by atoms with Crippen LogP contribution in [0.15, 0.2) is 0 Å². The van der Waals surface area contributed by atoms with Crippen molar-refractivity contribution in [3.05, 3.63) is 0 Å². The molecule has 0 unspecified atom stereocenters. The molecule has 0 saturated heterocycles. The third-order valence-electron chi connectivity index (χ3n) is 0. The minimum Gasteiger partial charge on any atom is -0.759 e. The van der Waals surface area contributed by atoms with Gasteiger partial charge in [-0.2, -0.15) is 0 Å². The molecule has 8 heteroatoms. The van der Waals surface area contributed by atoms with Gasteiger partial charge >= 0.3 is 59.1 Å². The van der Waals surface area contributed by atoms with Gasteiger partial charge in [-0.1, -0.05) is 0 Å². The van der Waals surface area contributed by atoms with Gasteiger partial charge in [0.2, 0.25) is 0 Å². The zero-order chi connectivity index (χ0) is 8.08. The molecule has 56 valence electrons. The van der Waals surface area contributed by atoms with Gasteiger partial charge in [0.15, 0.2) is 0 Å². The Balaban J connectivity index is -0.0000000383. The van der Waals surface area contributed by atoms with Crippen molar-refractivity contribution < 1.29 is 81.4 Å². The number of rotatable bonds is 0. The third-order valence-corrected chi connectivity index (χ3v) is 0. The molecule has 0 spiro atoms. The summed E-state index contributed by atoms with van der Waals surface area (Å²) in [6, 6.07) is 0. The summed E-state index contributed by atoms with van der Waals surface area (Å²) in [7, 11) is -5.17. The van der Waals surface area contributed by atoms with Crippen LogP contribution in [0.1, 0.15) is 13.8 Å². The second-order valence-corrected chi connectivity index (χ2v) is 2.13. The van der Waals surface area contributed by atoms with Gasteiger partial charge in [0, 0.05) is 10.4 Å². The molecule has 11 heavy (non-hydrogen) atoms. The molecule has 0 rings (SSSR count). The Hall–Kier alpha value is 1.54. The maximum atomic E-state index is 9.44. The van der Waals surface area contributed by atoms with E-state index in [0.717, 1.165) is 0 Å². The fourth-order valence-corrected chi connectivity index (χ4v) is 0. The van der Waals surface area contributed by atoms with E-state index in [1.807, 2.05) is 0 Å². The zero-order valence-electron chi connectivity index (χ0n) is 6.95. The summed E-state index contributed by atoms with van der Waals surface area (Å²) >= 11 is 0. The first kappa shape index (κ1) is 22.9. The molecule has 0 fully saturated rings. The second-order valence-electron chi connectivity index (χ2n) is 1.32. The van der Waals surface area contributed by atoms with Crippen LogP contribution in [0.3, 0.4) is 0 Å². The summed E-state index contributed by atoms with van der Waals surface area (Å²) in [4.78, 5) is 9.44. The average Bonchev–Trinajstić information content (AvgIpc) is 1.19. The number of hydrogen-bond donors (Lipinski definition) is 0. The van der Waals surface area contributed by atoms with Gasteiger partial charge in [0.05, 0.1) is 0 Å². The minimum atomic E-state index is -5.17. The van der Waals surface area contributed by atoms with Crippen molar-refractivity contribution in [1.29, 1.82) is 0 Å². The zero-order valence-corrected chi connectivity index (χ0v) is 11.8. The summed E-state index contributed by atoms with van der Waals surface area (Å²) < 4.78 is 34.1. The first-order chi connectivity index (χ1) is 3.73. The molecule has 0 heterocycles. The van der Waals surface area contributed by atoms with Crippen molar-refractivity contribution in [2.24, 2.45) is 0 Å². The predicted molar refractivity (Wildman–Crippen MR) is 26.8 cm³/mol. The van der Waals surface area contributed by atoms with Gasteiger partial charge in [0.1, 0.15) is 5.78 Å². The molecule has 0 N–H and O–H groups in total. The Bertz CT molecular complexity index is 162. The van der Waals surface area contributed by atoms with Crippen LogP contribution >= 0.6 is 0 Å². The van der Waals surface area contributed by atoms with Crippen LogP contribution in [0, 0.1) is 0 Å². The molecular weight excluding hydrogens is 194 g/mol. The van der Waals surface area contributed by atoms with Gasteiger partial charge in [-0.05, 0) is 13.8 Å². The van der Waals surface area contributed by atoms with Gasteiger partial charge in [-0.15, -0.1) is 0 Å². The molecule has 0 aromatic heterocycles. The molecule has 0 atom stereocenters. The topological polar surface area (TPSA) is 97.3 Å². The average molecular weight is 200 g/mol. The maximum absolute atomic E-state index is 9.44. The van der Waals surface area contributed by atoms with E-state index in [1.165, 1.54) is 13.8 Å². The normalized spacial score (nSPS) is 7.64. The third kappa shape index (κ3) is 443. The van der Waals surface area contributed by atoms with E-state index in [2.05, 4.69) is 0 Å². The van der Waals surface area contributed by atoms with Crippen LogP contribution in [0.5, 0.6) is 0 Å². The van der Waals surface area contributed by atoms with E-state index in [4.69, 9.17) is 17.5 Å². The molecule has 0 aliphatic carbocycles. The summed E-state index contributed by atoms with van der Waals surface area (Å²) in [5, 5.41) is 0. The number of ketones is 1. The molecule has 0 aliphatic rings. The van der Waals surface area contributed by atoms with Crippen molar-refractivity contribution in [1.82, 2.24) is 0 Å². The maximum Gasteiger partial charge on any atom is 1.00 e. The number of carbonyl (C=O) groups excluding carboxylic acids is 1. The summed E-state index contributed by atoms with van der Waals surface area (Å²) in [6.07, 6.45) is 0. The van der Waals surface area contributed by atoms with Crippen molar-refractivity contribution in [2.75, 3.05) is 0 Å². The quantitative estimate of drug-likeness (QED) is 0.220. The van der Waals surface area contributed by atoms with Gasteiger partial charge in [-0.25, -0.2) is 0 Å². The Morgan fingerprint density at radius 1 is 1.09 bits per heavy atom. The summed E-state index contributed by atoms with van der Waals surface area (Å²) in [5.41, 5.74) is 0. The van der Waals surface area contributed by atoms with E-state index >= 15 is 0 Å². The van der Waals surface area contributed by atoms with E-state index in [9.17, 15) is 4.79 Å². The van der Waals surface area contributed by atoms with Crippen LogP contribution in [0.2, 0.25) is 0 Å². The van der Waals surface area contributed by atoms with Crippen LogP contribution in [0.25, 0.3) is 0 Å². The molecule has 0 aromatic rings. The first-order valence-electron chi connectivity index (χ1n) is 1.87. The molecule has 0 saturated carbocycles. The smallest absolute Gasteiger partial charge is 0.759 e. The molecule has 0 aromatic carbocycles. The molecule has 0 aliphatic heterocycles. The van der Waals surface area contributed by atoms with E-state index in [-0.39, 0.29) is 64.9 Å². The second kappa shape index (κ2) is 11.5. The predicted octanol–water partition coefficient (Wildman–Crippen LogP) is -6.73. The first-order valence-corrected chi connectivity index (χ1v) is 3.20. The van der Waals surface area contributed by atoms with Gasteiger partial charge in [0.25, 0.3) is 0 Å². The summed E-state index contributed by atoms with van der Waals surface area (Å²) in [6.45, 7) is 3.06. The van der Waals surface area contributed by atoms with Crippen molar-refractivity contribution in [2.45, 2.75) is 13.8 Å². The fraction of sp³-hybridized carbons (Fsp3) is 0.667. The standard InChI is InChI=1S/C3H6O.2Na.H2O4S/c1-3(2)4;;;1-5(2,3)4/h1-2H3;;;(H2,1,2,3,4)/q;2*+1;/p-2. The molecular formula is C3H6Na2O5S. The number of carbonyl (C=O) groups is 1. The number of hydrogen-bond acceptors (Lipinski definition) is 5. The van der Waals surface area contributed by atoms with Crippen molar-refractivity contribution in [3.63, 3.8) is 0 Å². The van der Waals surface area contributed by atoms with Crippen LogP contribution in [-0.4, -0.2) is 23.3 Å². The monoisotopic (exact) mass is 200 g/mol. The van der Waals surface area contributed by atoms with Crippen LogP contribution in [0.4, 0.5) is 0 Å². The van der Waals surface area contributed by atoms with Gasteiger partial charge < -0.3 is 13.9 Å². The SMILES string of the molecule is CC(C)=O.O=S(=O)([O-])[O-].[Na+].[Na+]. The Kier molecular flexibility index (Phi) is 24.0. The minimum absolute atomic E-state index is 0. The Morgan fingerprint density at radius 2 is 1.09 bits per heavy atom. The largest absolute Gasteiger partial charge is 1.00 e. The molecule has 0 amide bonds. The Morgan fingerprint density at radius 3 is 1.09 bits per heavy atom. The van der Waals surface area contributed by atoms with E-state index in [1.54, 1.807) is 0 Å². The Labute approximate surface area is 110 Å². The van der Waals surface area contributed by atoms with Crippen LogP contribution < -0.4 is 59.1 Å². The fourth-order valence-electron chi connectivity index (χ4n) is 0. The van der Waals surface area contributed by atoms with Gasteiger partial charge in [-0.3, -0.25) is 8.42 Å². The molecule has 0 bridgehead atoms. The van der Waals surface area contributed by atoms with E-state index < -0.39 is 10.4 Å². The summed E-state index contributed by atoms with van der Waals surface area (Å²) in [5.74, 6) is 0.167. The van der Waals surface area contributed by atoms with Crippen molar-refractivity contribution >= 4 is 16.2 Å². The van der Waals surface area contributed by atoms with E-state index in [0.29, 0.717) is 0 Å². The molecule has 0 radical (unpaired) electrons.